The van der Waals surface area contributed by atoms with E-state index in [1.165, 1.54) is 27.2 Å². The van der Waals surface area contributed by atoms with Gasteiger partial charge in [0, 0.05) is 204 Å². The summed E-state index contributed by atoms with van der Waals surface area (Å²) < 4.78 is 93.2. The van der Waals surface area contributed by atoms with Gasteiger partial charge in [0.25, 0.3) is 0 Å². The number of ketones is 1. The first-order valence-corrected chi connectivity index (χ1v) is 48.0. The lowest BCUT2D eigenvalue weighted by molar-refractivity contribution is -0.142. The zero-order chi connectivity index (χ0) is 103. The lowest BCUT2D eigenvalue weighted by Gasteiger charge is -2.29. The summed E-state index contributed by atoms with van der Waals surface area (Å²) in [5.41, 5.74) is 8.93. The maximum absolute atomic E-state index is 12.9. The predicted octanol–water partition coefficient (Wildman–Crippen LogP) is 14.8. The first kappa shape index (κ1) is 99.9. The molecule has 0 saturated carbocycles. The maximum atomic E-state index is 12.9. The molecule has 18 aromatic rings. The van der Waals surface area contributed by atoms with E-state index in [0.717, 1.165) is 92.0 Å². The van der Waals surface area contributed by atoms with Crippen molar-refractivity contribution < 1.29 is 119 Å². The average Bonchev–Trinajstić information content (AvgIpc) is 0.779. The van der Waals surface area contributed by atoms with Gasteiger partial charge in [-0.25, -0.2) is 4.79 Å². The Bertz CT molecular complexity index is 8540. The molecule has 37 heteroatoms. The van der Waals surface area contributed by atoms with Gasteiger partial charge in [-0.05, 0) is 92.2 Å². The number of carbonyl (C=O) groups is 2. The fraction of sp³-hybridized carbons (Fsp3) is 0.279. The molecule has 0 unspecified atom stereocenters. The van der Waals surface area contributed by atoms with Gasteiger partial charge in [0.05, 0.1) is 133 Å². The molecule has 6 N–H and O–H groups in total. The number of aryl methyl sites for hydroxylation is 1. The Morgan fingerprint density at radius 3 is 0.865 bits per heavy atom. The smallest absolute Gasteiger partial charge is 0.343 e. The van der Waals surface area contributed by atoms with E-state index in [4.69, 9.17) is 73.9 Å². The van der Waals surface area contributed by atoms with Gasteiger partial charge in [0.15, 0.2) is 23.7 Å². The molecule has 0 amide bonds. The number of hydrogen-bond acceptors (Lipinski definition) is 37. The Morgan fingerprint density at radius 2 is 0.547 bits per heavy atom. The summed E-state index contributed by atoms with van der Waals surface area (Å²) in [7, 11) is 4.36. The van der Waals surface area contributed by atoms with E-state index in [2.05, 4.69) is 34.1 Å². The molecule has 6 saturated heterocycles. The molecule has 6 fully saturated rings. The monoisotopic (exact) mass is 2020 g/mol. The summed E-state index contributed by atoms with van der Waals surface area (Å²) >= 11 is 0. The van der Waals surface area contributed by atoms with Crippen molar-refractivity contribution in [1.82, 2.24) is 0 Å². The van der Waals surface area contributed by atoms with Gasteiger partial charge in [0.2, 0.25) is 32.6 Å². The van der Waals surface area contributed by atoms with Crippen LogP contribution in [0.2, 0.25) is 0 Å². The molecule has 0 radical (unpaired) electrons. The Hall–Kier alpha value is -16.8. The molecule has 0 bridgehead atoms. The van der Waals surface area contributed by atoms with Gasteiger partial charge < -0.3 is 139 Å². The quantitative estimate of drug-likeness (QED) is 0.0435. The van der Waals surface area contributed by atoms with E-state index in [-0.39, 0.29) is 124 Å². The number of phenols is 6. The Labute approximate surface area is 840 Å². The first-order valence-electron chi connectivity index (χ1n) is 48.0. The SMILES string of the molecule is CC(=O)COc1ccc2c(=O)c3c(O)cc(N4CCOCC4)cc3oc2c1.COC(=O)COc1ccc2c(=O)c3c(O)cc(N4CCOCC4)cc3oc2c1.COc1ccc2c(=O)c3c(O)cc(N4CCOCC4)cc3oc2c1.COc1cccc2c(=O)c3c(O)cc(N4CCOCC4)cc3oc12.Cc1ccc2c(=O)c3c(O)cc(N4CCOCC4)cc3oc2c1.O=c1c2ccccc2oc2cc(N3CCOCC3)cc(O)c12. The third kappa shape index (κ3) is 21.2. The molecule has 6 aliphatic heterocycles. The second-order valence-corrected chi connectivity index (χ2v) is 35.6. The number of rotatable bonds is 14. The third-order valence-corrected chi connectivity index (χ3v) is 26.1. The number of aromatic hydroxyl groups is 6. The zero-order valence-corrected chi connectivity index (χ0v) is 81.4. The number of para-hydroxylation sites is 2. The number of morpholine rings is 6. The number of phenolic OH excluding ortho intramolecular Hbond substituents is 6. The normalized spacial score (nSPS) is 15.0. The van der Waals surface area contributed by atoms with Gasteiger partial charge >= 0.3 is 5.97 Å². The van der Waals surface area contributed by atoms with Crippen molar-refractivity contribution in [3.8, 4) is 57.5 Å². The highest BCUT2D eigenvalue weighted by atomic mass is 16.6. The van der Waals surface area contributed by atoms with Crippen LogP contribution in [-0.4, -0.2) is 235 Å². The third-order valence-electron chi connectivity index (χ3n) is 26.1. The molecule has 0 aliphatic carbocycles. The van der Waals surface area contributed by atoms with Gasteiger partial charge in [-0.3, -0.25) is 33.6 Å². The minimum Gasteiger partial charge on any atom is -0.507 e. The Morgan fingerprint density at radius 1 is 0.277 bits per heavy atom. The first-order chi connectivity index (χ1) is 71.8. The highest BCUT2D eigenvalue weighted by Crippen LogP contribution is 2.41. The van der Waals surface area contributed by atoms with Crippen LogP contribution in [0.5, 0.6) is 57.5 Å². The van der Waals surface area contributed by atoms with Gasteiger partial charge in [-0.2, -0.15) is 0 Å². The molecular weight excluding hydrogens is 1910 g/mol. The van der Waals surface area contributed by atoms with E-state index < -0.39 is 5.97 Å². The van der Waals surface area contributed by atoms with Crippen LogP contribution < -0.4 is 80.9 Å². The Kier molecular flexibility index (Phi) is 29.7. The molecule has 6 aliphatic rings. The largest absolute Gasteiger partial charge is 0.507 e. The predicted molar refractivity (Wildman–Crippen MR) is 560 cm³/mol. The van der Waals surface area contributed by atoms with Crippen molar-refractivity contribution in [2.75, 3.05) is 222 Å². The number of esters is 1. The zero-order valence-electron chi connectivity index (χ0n) is 81.4. The second-order valence-electron chi connectivity index (χ2n) is 35.6. The highest BCUT2D eigenvalue weighted by Gasteiger charge is 2.28. The summed E-state index contributed by atoms with van der Waals surface area (Å²) in [6.45, 7) is 19.4. The molecule has 6 aromatic heterocycles. The van der Waals surface area contributed by atoms with Crippen molar-refractivity contribution in [1.29, 1.82) is 0 Å². The van der Waals surface area contributed by atoms with Crippen LogP contribution in [-0.2, 0) is 42.7 Å². The number of methoxy groups -OCH3 is 3. The van der Waals surface area contributed by atoms with Gasteiger partial charge in [-0.1, -0.05) is 24.3 Å². The summed E-state index contributed by atoms with van der Waals surface area (Å²) in [4.78, 5) is 111. The summed E-state index contributed by atoms with van der Waals surface area (Å²) in [5, 5.41) is 65.9. The summed E-state index contributed by atoms with van der Waals surface area (Å²) in [5.74, 6) is 0.827. The van der Waals surface area contributed by atoms with Crippen LogP contribution in [0.4, 0.5) is 34.1 Å². The molecule has 37 nitrogen and oxygen atoms in total. The molecule has 0 atom stereocenters. The highest BCUT2D eigenvalue weighted by molar-refractivity contribution is 6.02. The van der Waals surface area contributed by atoms with Crippen LogP contribution in [0.25, 0.3) is 132 Å². The van der Waals surface area contributed by atoms with E-state index in [1.54, 1.807) is 159 Å². The maximum Gasteiger partial charge on any atom is 0.343 e. The number of Topliss-reactive ketones (excluding diaryl/α,β-unsaturated/α-hetero) is 1. The molecule has 764 valence electrons. The number of ether oxygens (including phenoxy) is 11. The summed E-state index contributed by atoms with van der Waals surface area (Å²) in [6, 6.07) is 52.4. The van der Waals surface area contributed by atoms with Crippen LogP contribution in [0.1, 0.15) is 12.5 Å². The summed E-state index contributed by atoms with van der Waals surface area (Å²) in [6.07, 6.45) is 0. The van der Waals surface area contributed by atoms with Crippen molar-refractivity contribution in [3.63, 3.8) is 0 Å². The molecule has 24 rings (SSSR count). The topological polar surface area (TPSA) is 458 Å². The molecule has 12 heterocycles. The fourth-order valence-corrected chi connectivity index (χ4v) is 18.5. The lowest BCUT2D eigenvalue weighted by atomic mass is 10.1. The van der Waals surface area contributed by atoms with E-state index in [9.17, 15) is 69.0 Å². The molecule has 0 spiro atoms. The average molecular weight is 2020 g/mol. The van der Waals surface area contributed by atoms with Gasteiger partial charge in [0.1, 0.15) is 152 Å². The van der Waals surface area contributed by atoms with Crippen LogP contribution in [0.3, 0.4) is 0 Å². The standard InChI is InChI=1S/C20H19NO7.C20H19NO6.2C18H17NO5.C18H17NO4.C17H15NO4/c1-25-18(23)11-27-13-2-3-14-16(10-13)28-17-9-12(21-4-6-26-7-5-21)8-15(22)19(17)20(14)24;1-12(22)11-26-14-2-3-15-17(10-14)27-18-9-13(21-4-6-25-7-5-21)8-16(23)19(18)20(15)24;1-22-12-2-3-13-15(10-12)24-16-9-11(19-4-6-23-7-5-19)8-14(20)17(16)18(13)21;1-22-14-4-2-3-12-17(21)16-13(20)9-11(10-15(16)24-18(12)14)19-5-7-23-8-6-19;1-11-2-3-13-15(8-11)23-16-10-12(19-4-6-22-7-5-19)9-14(20)17(16)18(13)21;19-13-9-11(18-5-7-21-8-6-18)10-15-16(13)17(20)12-3-1-2-4-14(12)22-15/h2-3,8-10,22H,4-7,11H2,1H3;2-3,8-10,23H,4-7,11H2,1H3;2-3,8-10,20H,4-7H2,1H3;2-4,9-10,20H,5-8H2,1H3;2-3,8-10,20H,4-7H2,1H3;1-4,9-10,19H,5-8H2. The number of nitrogens with zero attached hydrogens (tertiary/aromatic N) is 6. The number of fused-ring (bicyclic) bond motifs is 12. The number of anilines is 6. The fourth-order valence-electron chi connectivity index (χ4n) is 18.5. The lowest BCUT2D eigenvalue weighted by Crippen LogP contribution is -2.36. The van der Waals surface area contributed by atoms with E-state index in [1.807, 2.05) is 37.3 Å². The minimum absolute atomic E-state index is 0.0415. The second kappa shape index (κ2) is 44.0. The van der Waals surface area contributed by atoms with Gasteiger partial charge in [-0.15, -0.1) is 0 Å². The van der Waals surface area contributed by atoms with Crippen molar-refractivity contribution in [2.45, 2.75) is 13.8 Å². The molecular formula is C111H104N6O31. The molecule has 12 aromatic carbocycles. The van der Waals surface area contributed by atoms with E-state index >= 15 is 0 Å². The van der Waals surface area contributed by atoms with Crippen molar-refractivity contribution in [3.05, 3.63) is 255 Å². The van der Waals surface area contributed by atoms with Crippen LogP contribution in [0, 0.1) is 6.92 Å². The van der Waals surface area contributed by atoms with Crippen molar-refractivity contribution >= 4 is 178 Å². The van der Waals surface area contributed by atoms with E-state index in [0.29, 0.717) is 222 Å². The number of benzene rings is 12. The van der Waals surface area contributed by atoms with Crippen LogP contribution >= 0.6 is 0 Å². The van der Waals surface area contributed by atoms with Crippen molar-refractivity contribution in [2.24, 2.45) is 0 Å². The minimum atomic E-state index is -0.514. The number of carbonyl (C=O) groups excluding carboxylic acids is 2. The molecule has 148 heavy (non-hydrogen) atoms. The Balaban J connectivity index is 0.000000112. The number of hydrogen-bond donors (Lipinski definition) is 6. The van der Waals surface area contributed by atoms with Crippen LogP contribution in [0.15, 0.2) is 243 Å².